The third kappa shape index (κ3) is 4.30. The van der Waals surface area contributed by atoms with Crippen molar-refractivity contribution in [1.82, 2.24) is 10.2 Å². The van der Waals surface area contributed by atoms with Crippen LogP contribution in [0.15, 0.2) is 30.0 Å². The van der Waals surface area contributed by atoms with Gasteiger partial charge in [0.2, 0.25) is 5.91 Å². The molecule has 1 saturated heterocycles. The van der Waals surface area contributed by atoms with Crippen molar-refractivity contribution in [2.24, 2.45) is 0 Å². The van der Waals surface area contributed by atoms with Crippen molar-refractivity contribution in [3.63, 3.8) is 0 Å². The molecule has 144 valence electrons. The Morgan fingerprint density at radius 3 is 2.81 bits per heavy atom. The average Bonchev–Trinajstić information content (AvgIpc) is 2.91. The summed E-state index contributed by atoms with van der Waals surface area (Å²) in [4.78, 5) is 39.5. The first-order valence-corrected chi connectivity index (χ1v) is 9.12. The highest BCUT2D eigenvalue weighted by atomic mass is 16.6. The summed E-state index contributed by atoms with van der Waals surface area (Å²) in [6.07, 6.45) is 3.49. The molecule has 1 fully saturated rings. The fourth-order valence-electron chi connectivity index (χ4n) is 3.46. The SMILES string of the molecule is CC(=O)NCC1CN(c2ccc3c(c2)CCCC(=CN(C)C)C3=O)C(=O)O1. The molecule has 0 radical (unpaired) electrons. The quantitative estimate of drug-likeness (QED) is 0.648. The summed E-state index contributed by atoms with van der Waals surface area (Å²) in [6.45, 7) is 2.09. The highest BCUT2D eigenvalue weighted by Gasteiger charge is 2.33. The van der Waals surface area contributed by atoms with Gasteiger partial charge in [-0.3, -0.25) is 14.5 Å². The smallest absolute Gasteiger partial charge is 0.414 e. The Bertz CT molecular complexity index is 800. The number of carbonyl (C=O) groups excluding carboxylic acids is 3. The maximum Gasteiger partial charge on any atom is 0.414 e. The molecule has 0 spiro atoms. The van der Waals surface area contributed by atoms with Gasteiger partial charge in [-0.15, -0.1) is 0 Å². The number of nitrogens with one attached hydrogen (secondary N) is 1. The minimum absolute atomic E-state index is 0.0512. The fourth-order valence-corrected chi connectivity index (χ4v) is 3.46. The molecule has 0 aromatic heterocycles. The number of ketones is 1. The Morgan fingerprint density at radius 2 is 2.11 bits per heavy atom. The number of allylic oxidation sites excluding steroid dienone is 1. The Hall–Kier alpha value is -2.83. The normalized spacial score (nSPS) is 20.9. The summed E-state index contributed by atoms with van der Waals surface area (Å²) < 4.78 is 5.32. The molecule has 0 saturated carbocycles. The number of aryl methyl sites for hydroxylation is 1. The predicted octanol–water partition coefficient (Wildman–Crippen LogP) is 2.11. The summed E-state index contributed by atoms with van der Waals surface area (Å²) in [7, 11) is 3.82. The summed E-state index contributed by atoms with van der Waals surface area (Å²) in [5, 5.41) is 2.67. The number of nitrogens with zero attached hydrogens (tertiary/aromatic N) is 2. The van der Waals surface area contributed by atoms with Crippen LogP contribution >= 0.6 is 0 Å². The number of ether oxygens (including phenoxy) is 1. The minimum Gasteiger partial charge on any atom is -0.442 e. The largest absolute Gasteiger partial charge is 0.442 e. The van der Waals surface area contributed by atoms with Crippen LogP contribution in [0.2, 0.25) is 0 Å². The molecule has 1 atom stereocenters. The molecular formula is C20H25N3O4. The molecule has 3 rings (SSSR count). The lowest BCUT2D eigenvalue weighted by Crippen LogP contribution is -2.33. The van der Waals surface area contributed by atoms with Crippen molar-refractivity contribution < 1.29 is 19.1 Å². The van der Waals surface area contributed by atoms with E-state index >= 15 is 0 Å². The first kappa shape index (κ1) is 18.9. The third-order valence-electron chi connectivity index (χ3n) is 4.70. The van der Waals surface area contributed by atoms with Crippen LogP contribution in [0.25, 0.3) is 0 Å². The Balaban J connectivity index is 1.80. The van der Waals surface area contributed by atoms with Crippen molar-refractivity contribution >= 4 is 23.5 Å². The summed E-state index contributed by atoms with van der Waals surface area (Å²) >= 11 is 0. The molecule has 1 unspecified atom stereocenters. The van der Waals surface area contributed by atoms with Gasteiger partial charge in [0.25, 0.3) is 0 Å². The molecule has 1 aliphatic carbocycles. The second kappa shape index (κ2) is 7.82. The van der Waals surface area contributed by atoms with Crippen molar-refractivity contribution in [1.29, 1.82) is 0 Å². The highest BCUT2D eigenvalue weighted by molar-refractivity contribution is 6.10. The first-order chi connectivity index (χ1) is 12.8. The van der Waals surface area contributed by atoms with Crippen molar-refractivity contribution in [3.8, 4) is 0 Å². The van der Waals surface area contributed by atoms with E-state index in [2.05, 4.69) is 5.32 Å². The maximum atomic E-state index is 12.8. The van der Waals surface area contributed by atoms with Gasteiger partial charge in [0.1, 0.15) is 6.10 Å². The topological polar surface area (TPSA) is 79.0 Å². The molecule has 2 amide bonds. The van der Waals surface area contributed by atoms with Gasteiger partial charge in [0.15, 0.2) is 5.78 Å². The van der Waals surface area contributed by atoms with Gasteiger partial charge in [0, 0.05) is 44.0 Å². The predicted molar refractivity (Wildman–Crippen MR) is 102 cm³/mol. The monoisotopic (exact) mass is 371 g/mol. The van der Waals surface area contributed by atoms with Gasteiger partial charge >= 0.3 is 6.09 Å². The zero-order chi connectivity index (χ0) is 19.6. The molecule has 7 nitrogen and oxygen atoms in total. The van der Waals surface area contributed by atoms with Gasteiger partial charge in [-0.2, -0.15) is 0 Å². The van der Waals surface area contributed by atoms with Gasteiger partial charge in [-0.1, -0.05) is 0 Å². The highest BCUT2D eigenvalue weighted by Crippen LogP contribution is 2.30. The van der Waals surface area contributed by atoms with E-state index in [9.17, 15) is 14.4 Å². The standard InChI is InChI=1S/C20H25N3O4/c1-13(24)21-10-17-12-23(20(26)27-17)16-7-8-18-14(9-16)5-4-6-15(19(18)25)11-22(2)3/h7-9,11,17H,4-6,10,12H2,1-3H3,(H,21,24). The number of carbonyl (C=O) groups is 3. The van der Waals surface area contributed by atoms with E-state index in [1.54, 1.807) is 17.0 Å². The van der Waals surface area contributed by atoms with Gasteiger partial charge in [0.05, 0.1) is 13.1 Å². The number of amides is 2. The molecule has 1 N–H and O–H groups in total. The number of rotatable bonds is 4. The third-order valence-corrected chi connectivity index (χ3v) is 4.70. The lowest BCUT2D eigenvalue weighted by molar-refractivity contribution is -0.119. The first-order valence-electron chi connectivity index (χ1n) is 9.12. The fraction of sp³-hybridized carbons (Fsp3) is 0.450. The summed E-state index contributed by atoms with van der Waals surface area (Å²) in [5.74, 6) is -0.107. The molecule has 1 aromatic carbocycles. The minimum atomic E-state index is -0.432. The Kier molecular flexibility index (Phi) is 5.48. The van der Waals surface area contributed by atoms with Crippen molar-refractivity contribution in [3.05, 3.63) is 41.1 Å². The van der Waals surface area contributed by atoms with Crippen LogP contribution in [0, 0.1) is 0 Å². The number of fused-ring (bicyclic) bond motifs is 1. The zero-order valence-electron chi connectivity index (χ0n) is 15.9. The number of cyclic esters (lactones) is 1. The molecule has 1 aliphatic heterocycles. The molecule has 27 heavy (non-hydrogen) atoms. The second-order valence-electron chi connectivity index (χ2n) is 7.20. The maximum absolute atomic E-state index is 12.8. The number of Topliss-reactive ketones (excluding diaryl/α,β-unsaturated/α-hetero) is 1. The molecule has 0 bridgehead atoms. The van der Waals surface area contributed by atoms with Gasteiger partial charge < -0.3 is 15.0 Å². The van der Waals surface area contributed by atoms with Crippen LogP contribution in [0.1, 0.15) is 35.7 Å². The second-order valence-corrected chi connectivity index (χ2v) is 7.20. The van der Waals surface area contributed by atoms with Gasteiger partial charge in [-0.05, 0) is 43.0 Å². The molecule has 2 aliphatic rings. The summed E-state index contributed by atoms with van der Waals surface area (Å²) in [5.41, 5.74) is 3.18. The number of anilines is 1. The molecule has 1 aromatic rings. The van der Waals surface area contributed by atoms with Crippen LogP contribution in [0.4, 0.5) is 10.5 Å². The molecule has 1 heterocycles. The van der Waals surface area contributed by atoms with E-state index < -0.39 is 6.09 Å². The number of benzene rings is 1. The number of hydrogen-bond donors (Lipinski definition) is 1. The molecular weight excluding hydrogens is 346 g/mol. The lowest BCUT2D eigenvalue weighted by Gasteiger charge is -2.16. The van der Waals surface area contributed by atoms with E-state index in [1.165, 1.54) is 6.92 Å². The van der Waals surface area contributed by atoms with Crippen LogP contribution in [0.3, 0.4) is 0 Å². The van der Waals surface area contributed by atoms with Crippen LogP contribution < -0.4 is 10.2 Å². The van der Waals surface area contributed by atoms with Crippen molar-refractivity contribution in [2.75, 3.05) is 32.1 Å². The molecule has 7 heteroatoms. The van der Waals surface area contributed by atoms with Crippen LogP contribution in [-0.2, 0) is 16.0 Å². The Labute approximate surface area is 159 Å². The van der Waals surface area contributed by atoms with Crippen LogP contribution in [0.5, 0.6) is 0 Å². The Morgan fingerprint density at radius 1 is 1.33 bits per heavy atom. The lowest BCUT2D eigenvalue weighted by atomic mass is 9.99. The van der Waals surface area contributed by atoms with E-state index in [1.807, 2.05) is 31.3 Å². The van der Waals surface area contributed by atoms with Crippen molar-refractivity contribution in [2.45, 2.75) is 32.3 Å². The average molecular weight is 371 g/mol. The van der Waals surface area contributed by atoms with Gasteiger partial charge in [-0.25, -0.2) is 4.79 Å². The van der Waals surface area contributed by atoms with E-state index in [4.69, 9.17) is 4.74 Å². The van der Waals surface area contributed by atoms with E-state index in [-0.39, 0.29) is 17.8 Å². The number of hydrogen-bond acceptors (Lipinski definition) is 5. The van der Waals surface area contributed by atoms with E-state index in [0.717, 1.165) is 36.1 Å². The van der Waals surface area contributed by atoms with Crippen LogP contribution in [-0.4, -0.2) is 56.0 Å². The zero-order valence-corrected chi connectivity index (χ0v) is 15.9. The summed E-state index contributed by atoms with van der Waals surface area (Å²) in [6, 6.07) is 5.50. The van der Waals surface area contributed by atoms with E-state index in [0.29, 0.717) is 18.7 Å².